The number of hydrogen-bond donors (Lipinski definition) is 3. The van der Waals surface area contributed by atoms with Crippen LogP contribution in [0.5, 0.6) is 0 Å². The summed E-state index contributed by atoms with van der Waals surface area (Å²) in [6, 6.07) is 9.67. The Hall–Kier alpha value is -1.02. The number of aliphatic hydroxyl groups excluding tert-OH is 3. The molecule has 0 aliphatic heterocycles. The average molecular weight is 665 g/mol. The smallest absolute Gasteiger partial charge is 0.115 e. The second-order valence-corrected chi connectivity index (χ2v) is 13.8. The quantitative estimate of drug-likeness (QED) is 0.0619. The maximum Gasteiger partial charge on any atom is 0.115 e. The van der Waals surface area contributed by atoms with E-state index in [1.165, 1.54) is 128 Å². The topological polar surface area (TPSA) is 88.4 Å². The zero-order chi connectivity index (χ0) is 34.0. The van der Waals surface area contributed by atoms with Crippen LogP contribution in [0, 0.1) is 0 Å². The van der Waals surface area contributed by atoms with E-state index in [0.717, 1.165) is 31.2 Å². The highest BCUT2D eigenvalue weighted by molar-refractivity contribution is 5.13. The lowest BCUT2D eigenvalue weighted by Gasteiger charge is -2.32. The molecule has 6 heteroatoms. The van der Waals surface area contributed by atoms with Crippen LogP contribution < -0.4 is 0 Å². The first kappa shape index (κ1) is 44.0. The van der Waals surface area contributed by atoms with Gasteiger partial charge in [-0.05, 0) is 18.4 Å². The Morgan fingerprint density at radius 1 is 0.532 bits per heavy atom. The molecule has 47 heavy (non-hydrogen) atoms. The number of aliphatic hydroxyl groups is 3. The zero-order valence-corrected chi connectivity index (χ0v) is 30.8. The fraction of sp³-hybridized carbons (Fsp3) is 0.854. The molecule has 0 bridgehead atoms. The molecule has 0 fully saturated rings. The van der Waals surface area contributed by atoms with Gasteiger partial charge in [-0.3, -0.25) is 0 Å². The maximum atomic E-state index is 11.3. The van der Waals surface area contributed by atoms with Gasteiger partial charge in [-0.1, -0.05) is 185 Å². The van der Waals surface area contributed by atoms with Crippen molar-refractivity contribution in [2.75, 3.05) is 26.4 Å². The van der Waals surface area contributed by atoms with E-state index in [-0.39, 0.29) is 13.2 Å². The molecule has 1 rings (SSSR count). The molecule has 0 saturated carbocycles. The van der Waals surface area contributed by atoms with Gasteiger partial charge < -0.3 is 29.5 Å². The van der Waals surface area contributed by atoms with Crippen LogP contribution in [0.2, 0.25) is 0 Å². The lowest BCUT2D eigenvalue weighted by molar-refractivity contribution is -0.170. The summed E-state index contributed by atoms with van der Waals surface area (Å²) in [6.45, 7) is 5.66. The van der Waals surface area contributed by atoms with Gasteiger partial charge in [0.25, 0.3) is 0 Å². The number of unbranched alkanes of at least 4 members (excludes halogenated alkanes) is 22. The first-order valence-electron chi connectivity index (χ1n) is 20.0. The molecule has 4 atom stereocenters. The Morgan fingerprint density at radius 3 is 1.40 bits per heavy atom. The van der Waals surface area contributed by atoms with Crippen LogP contribution in [0.1, 0.15) is 174 Å². The standard InChI is InChI=1S/C41H76O6/c1-3-5-7-9-11-13-15-17-19-21-23-28-32-45-36-39(46-33-29-24-22-20-18-16-14-12-10-8-6-4-2)40(44)41(38(43)34-42)47-35-37-30-26-25-27-31-37/h25-27,30-31,38-44H,3-24,28-29,32-36H2,1-2H3/t38-,39+,40+,41+/m0/s1. The summed E-state index contributed by atoms with van der Waals surface area (Å²) in [7, 11) is 0. The lowest BCUT2D eigenvalue weighted by atomic mass is 10.0. The van der Waals surface area contributed by atoms with Crippen LogP contribution in [0.25, 0.3) is 0 Å². The molecule has 3 N–H and O–H groups in total. The summed E-state index contributed by atoms with van der Waals surface area (Å²) in [5.41, 5.74) is 0.937. The van der Waals surface area contributed by atoms with Crippen molar-refractivity contribution in [1.82, 2.24) is 0 Å². The van der Waals surface area contributed by atoms with Gasteiger partial charge in [-0.15, -0.1) is 0 Å². The second kappa shape index (κ2) is 33.5. The summed E-state index contributed by atoms with van der Waals surface area (Å²) >= 11 is 0. The lowest BCUT2D eigenvalue weighted by Crippen LogP contribution is -2.50. The van der Waals surface area contributed by atoms with Crippen LogP contribution in [-0.2, 0) is 20.8 Å². The third kappa shape index (κ3) is 25.6. The van der Waals surface area contributed by atoms with Crippen molar-refractivity contribution in [3.8, 4) is 0 Å². The molecule has 6 nitrogen and oxygen atoms in total. The predicted octanol–water partition coefficient (Wildman–Crippen LogP) is 10.1. The first-order chi connectivity index (χ1) is 23.1. The molecule has 0 radical (unpaired) electrons. The van der Waals surface area contributed by atoms with E-state index in [0.29, 0.717) is 13.2 Å². The fourth-order valence-corrected chi connectivity index (χ4v) is 6.19. The van der Waals surface area contributed by atoms with Crippen LogP contribution >= 0.6 is 0 Å². The highest BCUT2D eigenvalue weighted by atomic mass is 16.6. The molecule has 0 spiro atoms. The molecule has 0 unspecified atom stereocenters. The highest BCUT2D eigenvalue weighted by Crippen LogP contribution is 2.18. The van der Waals surface area contributed by atoms with Gasteiger partial charge >= 0.3 is 0 Å². The molecule has 1 aromatic carbocycles. The summed E-state index contributed by atoms with van der Waals surface area (Å²) in [6.07, 6.45) is 26.9. The summed E-state index contributed by atoms with van der Waals surface area (Å²) in [4.78, 5) is 0. The molecule has 1 aromatic rings. The van der Waals surface area contributed by atoms with Crippen LogP contribution in [0.4, 0.5) is 0 Å². The van der Waals surface area contributed by atoms with Crippen LogP contribution in [0.15, 0.2) is 30.3 Å². The summed E-state index contributed by atoms with van der Waals surface area (Å²) in [5, 5.41) is 31.6. The summed E-state index contributed by atoms with van der Waals surface area (Å²) in [5.74, 6) is 0. The Morgan fingerprint density at radius 2 is 0.957 bits per heavy atom. The van der Waals surface area contributed by atoms with Gasteiger partial charge in [-0.2, -0.15) is 0 Å². The van der Waals surface area contributed by atoms with Gasteiger partial charge in [0.2, 0.25) is 0 Å². The van der Waals surface area contributed by atoms with Crippen molar-refractivity contribution < 1.29 is 29.5 Å². The molecule has 0 amide bonds. The van der Waals surface area contributed by atoms with E-state index >= 15 is 0 Å². The Labute approximate surface area is 290 Å². The molecule has 0 aromatic heterocycles. The van der Waals surface area contributed by atoms with Crippen LogP contribution in [-0.4, -0.2) is 66.2 Å². The van der Waals surface area contributed by atoms with Gasteiger partial charge in [0.05, 0.1) is 19.8 Å². The number of hydrogen-bond acceptors (Lipinski definition) is 6. The monoisotopic (exact) mass is 665 g/mol. The second-order valence-electron chi connectivity index (χ2n) is 13.8. The van der Waals surface area contributed by atoms with Crippen molar-refractivity contribution in [3.05, 3.63) is 35.9 Å². The van der Waals surface area contributed by atoms with E-state index in [2.05, 4.69) is 13.8 Å². The molecule has 0 heterocycles. The maximum absolute atomic E-state index is 11.3. The van der Waals surface area contributed by atoms with E-state index in [1.807, 2.05) is 30.3 Å². The summed E-state index contributed by atoms with van der Waals surface area (Å²) < 4.78 is 18.2. The van der Waals surface area contributed by atoms with E-state index in [1.54, 1.807) is 0 Å². The third-order valence-corrected chi connectivity index (χ3v) is 9.32. The molecule has 276 valence electrons. The van der Waals surface area contributed by atoms with E-state index in [9.17, 15) is 15.3 Å². The first-order valence-corrected chi connectivity index (χ1v) is 20.0. The minimum atomic E-state index is -1.22. The Bertz CT molecular complexity index is 747. The normalized spacial score (nSPS) is 14.3. The molecule has 0 aliphatic carbocycles. The van der Waals surface area contributed by atoms with Crippen molar-refractivity contribution in [2.24, 2.45) is 0 Å². The van der Waals surface area contributed by atoms with Crippen molar-refractivity contribution in [3.63, 3.8) is 0 Å². The van der Waals surface area contributed by atoms with Gasteiger partial charge in [-0.25, -0.2) is 0 Å². The highest BCUT2D eigenvalue weighted by Gasteiger charge is 2.34. The number of ether oxygens (including phenoxy) is 3. The molecule has 0 saturated heterocycles. The molecular weight excluding hydrogens is 588 g/mol. The van der Waals surface area contributed by atoms with Crippen molar-refractivity contribution >= 4 is 0 Å². The fourth-order valence-electron chi connectivity index (χ4n) is 6.19. The SMILES string of the molecule is CCCCCCCCCCCCCCOC[C@@H](OCCCCCCCCCCCCCC)[C@@H](O)[C@H](OCc1ccccc1)[C@@H](O)CO. The zero-order valence-electron chi connectivity index (χ0n) is 30.8. The van der Waals surface area contributed by atoms with Crippen LogP contribution in [0.3, 0.4) is 0 Å². The Kier molecular flexibility index (Phi) is 31.3. The largest absolute Gasteiger partial charge is 0.394 e. The van der Waals surface area contributed by atoms with Gasteiger partial charge in [0.1, 0.15) is 24.4 Å². The minimum Gasteiger partial charge on any atom is -0.394 e. The molecular formula is C41H76O6. The predicted molar refractivity (Wildman–Crippen MR) is 197 cm³/mol. The number of benzene rings is 1. The third-order valence-electron chi connectivity index (χ3n) is 9.32. The molecule has 0 aliphatic rings. The van der Waals surface area contributed by atoms with Crippen molar-refractivity contribution in [2.45, 2.75) is 199 Å². The number of rotatable bonds is 36. The van der Waals surface area contributed by atoms with E-state index in [4.69, 9.17) is 14.2 Å². The van der Waals surface area contributed by atoms with Gasteiger partial charge in [0, 0.05) is 13.2 Å². The Balaban J connectivity index is 2.40. The van der Waals surface area contributed by atoms with Crippen molar-refractivity contribution in [1.29, 1.82) is 0 Å². The minimum absolute atomic E-state index is 0.227. The average Bonchev–Trinajstić information content (AvgIpc) is 3.09. The van der Waals surface area contributed by atoms with E-state index < -0.39 is 31.0 Å². The van der Waals surface area contributed by atoms with Gasteiger partial charge in [0.15, 0.2) is 0 Å².